The Labute approximate surface area is 227 Å². The number of aliphatic hydroxyl groups is 1. The molecule has 0 spiro atoms. The second-order valence-electron chi connectivity index (χ2n) is 9.26. The zero-order chi connectivity index (χ0) is 27.1. The Bertz CT molecular complexity index is 1630. The lowest BCUT2D eigenvalue weighted by Gasteiger charge is -2.14. The van der Waals surface area contributed by atoms with Crippen LogP contribution in [-0.4, -0.2) is 44.2 Å². The molecule has 2 atom stereocenters. The highest BCUT2D eigenvalue weighted by Gasteiger charge is 2.41. The van der Waals surface area contributed by atoms with Crippen molar-refractivity contribution in [2.45, 2.75) is 24.9 Å². The summed E-state index contributed by atoms with van der Waals surface area (Å²) in [5.41, 5.74) is 6.30. The maximum Gasteiger partial charge on any atom is 0.411 e. The first kappa shape index (κ1) is 24.7. The number of aliphatic hydroxyl groups excluding tert-OH is 1. The topological polar surface area (TPSA) is 141 Å². The van der Waals surface area contributed by atoms with Gasteiger partial charge in [0.25, 0.3) is 0 Å². The van der Waals surface area contributed by atoms with E-state index in [0.717, 1.165) is 21.6 Å². The van der Waals surface area contributed by atoms with Crippen LogP contribution in [0.4, 0.5) is 10.5 Å². The second-order valence-corrected chi connectivity index (χ2v) is 9.70. The molecule has 1 aliphatic carbocycles. The molecule has 6 rings (SSSR count). The molecule has 0 bridgehead atoms. The second kappa shape index (κ2) is 9.93. The van der Waals surface area contributed by atoms with Crippen molar-refractivity contribution in [3.05, 3.63) is 94.3 Å². The van der Waals surface area contributed by atoms with E-state index in [4.69, 9.17) is 11.6 Å². The SMILES string of the molecule is COC(=O)Nc1ccc(C2=CN=C(C3CC(O)c4cc(-c5cc(Cl)ccc5-n5cnnn5)c[n+]([O-])c43)C2)cc1. The number of methoxy groups -OCH3 is 1. The van der Waals surface area contributed by atoms with Gasteiger partial charge in [-0.05, 0) is 64.4 Å². The molecule has 2 aromatic heterocycles. The highest BCUT2D eigenvalue weighted by Crippen LogP contribution is 2.44. The molecular weight excluding hydrogens is 522 g/mol. The largest absolute Gasteiger partial charge is 0.618 e. The number of nitrogens with one attached hydrogen (secondary N) is 1. The van der Waals surface area contributed by atoms with E-state index >= 15 is 0 Å². The van der Waals surface area contributed by atoms with E-state index in [0.29, 0.717) is 51.6 Å². The quantitative estimate of drug-likeness (QED) is 0.284. The summed E-state index contributed by atoms with van der Waals surface area (Å²) in [7, 11) is 1.31. The van der Waals surface area contributed by atoms with Crippen molar-refractivity contribution < 1.29 is 19.4 Å². The Hall–Kier alpha value is -4.61. The van der Waals surface area contributed by atoms with E-state index in [1.807, 2.05) is 18.2 Å². The number of fused-ring (bicyclic) bond motifs is 1. The number of anilines is 1. The van der Waals surface area contributed by atoms with Gasteiger partial charge in [0.2, 0.25) is 5.69 Å². The third-order valence-corrected chi connectivity index (χ3v) is 7.20. The van der Waals surface area contributed by atoms with Gasteiger partial charge in [-0.3, -0.25) is 10.3 Å². The summed E-state index contributed by atoms with van der Waals surface area (Å²) < 4.78 is 6.93. The van der Waals surface area contributed by atoms with E-state index in [9.17, 15) is 15.1 Å². The van der Waals surface area contributed by atoms with Gasteiger partial charge in [0.05, 0.1) is 30.4 Å². The van der Waals surface area contributed by atoms with Crippen molar-refractivity contribution in [2.75, 3.05) is 12.4 Å². The first-order chi connectivity index (χ1) is 18.9. The average Bonchev–Trinajstić information content (AvgIpc) is 3.70. The molecule has 3 heterocycles. The van der Waals surface area contributed by atoms with Gasteiger partial charge >= 0.3 is 6.09 Å². The molecule has 0 saturated carbocycles. The van der Waals surface area contributed by atoms with E-state index in [2.05, 4.69) is 30.6 Å². The van der Waals surface area contributed by atoms with Crippen molar-refractivity contribution in [3.8, 4) is 16.8 Å². The van der Waals surface area contributed by atoms with Crippen molar-refractivity contribution >= 4 is 34.7 Å². The predicted molar refractivity (Wildman–Crippen MR) is 143 cm³/mol. The molecule has 12 heteroatoms. The van der Waals surface area contributed by atoms with Crippen molar-refractivity contribution in [3.63, 3.8) is 0 Å². The van der Waals surface area contributed by atoms with Gasteiger partial charge in [0.1, 0.15) is 6.33 Å². The molecule has 0 radical (unpaired) electrons. The maximum atomic E-state index is 13.4. The molecule has 2 aliphatic rings. The number of halogens is 1. The number of rotatable bonds is 5. The minimum Gasteiger partial charge on any atom is -0.618 e. The van der Waals surface area contributed by atoms with Gasteiger partial charge in [-0.1, -0.05) is 23.7 Å². The van der Waals surface area contributed by atoms with E-state index in [1.165, 1.54) is 24.3 Å². The van der Waals surface area contributed by atoms with Crippen molar-refractivity contribution in [1.82, 2.24) is 20.2 Å². The lowest BCUT2D eigenvalue weighted by molar-refractivity contribution is -0.613. The summed E-state index contributed by atoms with van der Waals surface area (Å²) in [5, 5.41) is 38.9. The molecule has 2 aromatic carbocycles. The summed E-state index contributed by atoms with van der Waals surface area (Å²) in [6, 6.07) is 14.4. The lowest BCUT2D eigenvalue weighted by Crippen LogP contribution is -2.34. The van der Waals surface area contributed by atoms with Crippen LogP contribution in [0.5, 0.6) is 0 Å². The summed E-state index contributed by atoms with van der Waals surface area (Å²) in [6.07, 6.45) is 4.27. The number of pyridine rings is 1. The highest BCUT2D eigenvalue weighted by molar-refractivity contribution is 6.31. The van der Waals surface area contributed by atoms with Crippen LogP contribution in [0.1, 0.15) is 41.7 Å². The highest BCUT2D eigenvalue weighted by atomic mass is 35.5. The third-order valence-electron chi connectivity index (χ3n) is 6.96. The molecule has 2 N–H and O–H groups in total. The number of amides is 1. The molecule has 4 aromatic rings. The molecule has 1 aliphatic heterocycles. The number of benzene rings is 2. The molecule has 2 unspecified atom stereocenters. The van der Waals surface area contributed by atoms with Crippen LogP contribution in [0, 0.1) is 5.21 Å². The molecule has 1 amide bonds. The van der Waals surface area contributed by atoms with Gasteiger partial charge < -0.3 is 15.1 Å². The minimum absolute atomic E-state index is 0.325. The monoisotopic (exact) mass is 543 g/mol. The number of hydrogen-bond acceptors (Lipinski definition) is 8. The molecule has 0 saturated heterocycles. The fourth-order valence-corrected chi connectivity index (χ4v) is 5.28. The molecular formula is C27H22ClN7O4. The Morgan fingerprint density at radius 3 is 2.77 bits per heavy atom. The Kier molecular flexibility index (Phi) is 6.29. The van der Waals surface area contributed by atoms with Crippen LogP contribution in [0.2, 0.25) is 5.02 Å². The summed E-state index contributed by atoms with van der Waals surface area (Å²) in [6.45, 7) is 0. The van der Waals surface area contributed by atoms with Crippen LogP contribution in [0.15, 0.2) is 72.2 Å². The van der Waals surface area contributed by atoms with E-state index < -0.39 is 12.2 Å². The zero-order valence-corrected chi connectivity index (χ0v) is 21.4. The number of aliphatic imine (C=N–C) groups is 1. The number of aromatic nitrogens is 5. The number of nitrogens with zero attached hydrogens (tertiary/aromatic N) is 6. The normalized spacial score (nSPS) is 17.9. The summed E-state index contributed by atoms with van der Waals surface area (Å²) >= 11 is 6.28. The third kappa shape index (κ3) is 4.62. The van der Waals surface area contributed by atoms with Crippen LogP contribution in [0.25, 0.3) is 22.4 Å². The van der Waals surface area contributed by atoms with Crippen LogP contribution in [-0.2, 0) is 4.74 Å². The van der Waals surface area contributed by atoms with Gasteiger partial charge in [-0.15, -0.1) is 5.10 Å². The molecule has 196 valence electrons. The smallest absolute Gasteiger partial charge is 0.411 e. The number of tetrazole rings is 1. The van der Waals surface area contributed by atoms with Gasteiger partial charge in [-0.2, -0.15) is 9.41 Å². The maximum absolute atomic E-state index is 13.4. The number of carbonyl (C=O) groups excluding carboxylic acids is 1. The van der Waals surface area contributed by atoms with Gasteiger partial charge in [0, 0.05) is 40.2 Å². The standard InChI is InChI=1S/C27H22ClN7O4/c1-39-27(37)31-19-5-2-15(3-6-19)16-9-23(29-12-16)21-11-25(36)22-8-17(13-35(38)26(21)22)20-10-18(28)4-7-24(20)34-14-30-32-33-34/h2-8,10,12-14,21,25,36H,9,11H2,1H3,(H,31,37). The Balaban J connectivity index is 1.27. The number of carbonyl (C=O) groups is 1. The van der Waals surface area contributed by atoms with Crippen LogP contribution < -0.4 is 10.0 Å². The fourth-order valence-electron chi connectivity index (χ4n) is 5.11. The molecule has 0 fully saturated rings. The Morgan fingerprint density at radius 2 is 2.03 bits per heavy atom. The van der Waals surface area contributed by atoms with Crippen molar-refractivity contribution in [1.29, 1.82) is 0 Å². The van der Waals surface area contributed by atoms with E-state index in [-0.39, 0.29) is 5.92 Å². The summed E-state index contributed by atoms with van der Waals surface area (Å²) in [4.78, 5) is 16.1. The Morgan fingerprint density at radius 1 is 1.21 bits per heavy atom. The van der Waals surface area contributed by atoms with E-state index in [1.54, 1.807) is 36.5 Å². The van der Waals surface area contributed by atoms with Crippen LogP contribution >= 0.6 is 11.6 Å². The fraction of sp³-hybridized carbons (Fsp3) is 0.185. The molecule has 39 heavy (non-hydrogen) atoms. The number of allylic oxidation sites excluding steroid dienone is 1. The average molecular weight is 544 g/mol. The minimum atomic E-state index is -0.823. The number of ether oxygens (including phenoxy) is 1. The summed E-state index contributed by atoms with van der Waals surface area (Å²) in [5.74, 6) is -0.325. The predicted octanol–water partition coefficient (Wildman–Crippen LogP) is 4.20. The van der Waals surface area contributed by atoms with Crippen molar-refractivity contribution in [2.24, 2.45) is 4.99 Å². The molecule has 11 nitrogen and oxygen atoms in total. The first-order valence-electron chi connectivity index (χ1n) is 12.1. The first-order valence-corrected chi connectivity index (χ1v) is 12.5. The zero-order valence-electron chi connectivity index (χ0n) is 20.7. The number of hydrogen-bond donors (Lipinski definition) is 2. The van der Waals surface area contributed by atoms with Gasteiger partial charge in [0.15, 0.2) is 6.20 Å². The van der Waals surface area contributed by atoms with Crippen LogP contribution in [0.3, 0.4) is 0 Å². The lowest BCUT2D eigenvalue weighted by atomic mass is 9.93. The van der Waals surface area contributed by atoms with Gasteiger partial charge in [-0.25, -0.2) is 4.79 Å².